The van der Waals surface area contributed by atoms with Crippen molar-refractivity contribution in [2.45, 2.75) is 37.4 Å². The number of nitrogens with one attached hydrogen (secondary N) is 1. The standard InChI is InChI=1S/C18H18F4N2O4/c1-27-17(26)24-3-2-11(15-9-16(25)23-28-15)7-14(24)6-10-4-12(18(20,21)22)8-13(19)5-10/h4-5,8-9,11,14H,2-3,6-7H2,1H3,(H,23,25). The van der Waals surface area contributed by atoms with Gasteiger partial charge in [-0.15, -0.1) is 0 Å². The second-order valence-corrected chi connectivity index (χ2v) is 6.70. The number of hydrogen-bond acceptors (Lipinski definition) is 4. The second-order valence-electron chi connectivity index (χ2n) is 6.70. The van der Waals surface area contributed by atoms with E-state index in [2.05, 4.69) is 5.16 Å². The molecule has 6 nitrogen and oxygen atoms in total. The Morgan fingerprint density at radius 1 is 1.32 bits per heavy atom. The maximum atomic E-state index is 13.7. The molecule has 0 bridgehead atoms. The average molecular weight is 402 g/mol. The Morgan fingerprint density at radius 2 is 2.07 bits per heavy atom. The van der Waals surface area contributed by atoms with Crippen LogP contribution in [-0.4, -0.2) is 35.8 Å². The number of aromatic nitrogens is 1. The number of aromatic amines is 1. The number of hydrogen-bond donors (Lipinski definition) is 1. The Kier molecular flexibility index (Phi) is 5.48. The predicted octanol–water partition coefficient (Wildman–Crippen LogP) is 3.68. The molecule has 2 aromatic rings. The van der Waals surface area contributed by atoms with Crippen LogP contribution in [0.25, 0.3) is 0 Å². The van der Waals surface area contributed by atoms with E-state index in [1.54, 1.807) is 0 Å². The van der Waals surface area contributed by atoms with Crippen LogP contribution in [0.4, 0.5) is 22.4 Å². The zero-order valence-corrected chi connectivity index (χ0v) is 14.9. The molecule has 0 spiro atoms. The highest BCUT2D eigenvalue weighted by Crippen LogP contribution is 2.34. The number of carbonyl (C=O) groups is 1. The van der Waals surface area contributed by atoms with Crippen molar-refractivity contribution in [3.63, 3.8) is 0 Å². The van der Waals surface area contributed by atoms with Gasteiger partial charge in [0.2, 0.25) is 0 Å². The van der Waals surface area contributed by atoms with Crippen LogP contribution < -0.4 is 5.56 Å². The van der Waals surface area contributed by atoms with Crippen LogP contribution in [0.15, 0.2) is 33.6 Å². The Labute approximate surface area is 157 Å². The molecule has 2 atom stereocenters. The first-order valence-electron chi connectivity index (χ1n) is 8.57. The van der Waals surface area contributed by atoms with Gasteiger partial charge in [0, 0.05) is 24.6 Å². The normalized spacial score (nSPS) is 20.2. The van der Waals surface area contributed by atoms with E-state index in [1.807, 2.05) is 0 Å². The number of nitrogens with zero attached hydrogens (tertiary/aromatic N) is 1. The molecule has 1 aliphatic rings. The first kappa shape index (κ1) is 20.0. The molecule has 1 amide bonds. The number of H-pyrrole nitrogens is 1. The molecule has 0 aliphatic carbocycles. The number of likely N-dealkylation sites (tertiary alicyclic amines) is 1. The number of methoxy groups -OCH3 is 1. The van der Waals surface area contributed by atoms with E-state index >= 15 is 0 Å². The molecule has 28 heavy (non-hydrogen) atoms. The van der Waals surface area contributed by atoms with Crippen LogP contribution in [0.3, 0.4) is 0 Å². The summed E-state index contributed by atoms with van der Waals surface area (Å²) in [5.74, 6) is -0.798. The molecule has 1 aliphatic heterocycles. The number of alkyl halides is 3. The summed E-state index contributed by atoms with van der Waals surface area (Å²) in [6.45, 7) is 0.262. The Bertz CT molecular complexity index is 905. The van der Waals surface area contributed by atoms with Gasteiger partial charge in [-0.1, -0.05) is 0 Å². The quantitative estimate of drug-likeness (QED) is 0.795. The van der Waals surface area contributed by atoms with Crippen LogP contribution in [-0.2, 0) is 17.3 Å². The smallest absolute Gasteiger partial charge is 0.416 e. The van der Waals surface area contributed by atoms with E-state index in [0.29, 0.717) is 24.7 Å². The van der Waals surface area contributed by atoms with E-state index in [9.17, 15) is 27.2 Å². The van der Waals surface area contributed by atoms with Crippen molar-refractivity contribution < 1.29 is 31.6 Å². The number of ether oxygens (including phenoxy) is 1. The van der Waals surface area contributed by atoms with Gasteiger partial charge in [-0.05, 0) is 43.0 Å². The fourth-order valence-corrected chi connectivity index (χ4v) is 3.56. The minimum Gasteiger partial charge on any atom is -0.453 e. The molecule has 0 radical (unpaired) electrons. The molecule has 1 aromatic heterocycles. The fraction of sp³-hybridized carbons (Fsp3) is 0.444. The summed E-state index contributed by atoms with van der Waals surface area (Å²) in [6.07, 6.45) is -4.48. The summed E-state index contributed by atoms with van der Waals surface area (Å²) >= 11 is 0. The van der Waals surface area contributed by atoms with Gasteiger partial charge in [0.05, 0.1) is 12.7 Å². The summed E-state index contributed by atoms with van der Waals surface area (Å²) in [7, 11) is 1.21. The highest BCUT2D eigenvalue weighted by atomic mass is 19.4. The molecule has 152 valence electrons. The van der Waals surface area contributed by atoms with Crippen LogP contribution in [0, 0.1) is 5.82 Å². The second kappa shape index (κ2) is 7.69. The van der Waals surface area contributed by atoms with Gasteiger partial charge in [-0.3, -0.25) is 4.79 Å². The van der Waals surface area contributed by atoms with Crippen molar-refractivity contribution in [3.8, 4) is 0 Å². The fourth-order valence-electron chi connectivity index (χ4n) is 3.56. The van der Waals surface area contributed by atoms with Gasteiger partial charge in [0.15, 0.2) is 0 Å². The van der Waals surface area contributed by atoms with E-state index in [4.69, 9.17) is 9.26 Å². The lowest BCUT2D eigenvalue weighted by molar-refractivity contribution is -0.137. The number of piperidine rings is 1. The lowest BCUT2D eigenvalue weighted by atomic mass is 9.86. The summed E-state index contributed by atoms with van der Waals surface area (Å²) < 4.78 is 62.5. The Hall–Kier alpha value is -2.78. The van der Waals surface area contributed by atoms with Gasteiger partial charge < -0.3 is 14.2 Å². The third kappa shape index (κ3) is 4.37. The number of benzene rings is 1. The summed E-state index contributed by atoms with van der Waals surface area (Å²) in [4.78, 5) is 24.8. The van der Waals surface area contributed by atoms with Crippen LogP contribution in [0.1, 0.15) is 35.6 Å². The number of amides is 1. The number of carbonyl (C=O) groups excluding carboxylic acids is 1. The van der Waals surface area contributed by atoms with Crippen molar-refractivity contribution in [1.29, 1.82) is 0 Å². The maximum absolute atomic E-state index is 13.7. The molecular weight excluding hydrogens is 384 g/mol. The molecule has 1 fully saturated rings. The zero-order chi connectivity index (χ0) is 20.5. The monoisotopic (exact) mass is 402 g/mol. The third-order valence-corrected chi connectivity index (χ3v) is 4.83. The highest BCUT2D eigenvalue weighted by molar-refractivity contribution is 5.68. The van der Waals surface area contributed by atoms with Crippen molar-refractivity contribution in [2.75, 3.05) is 13.7 Å². The lowest BCUT2D eigenvalue weighted by Gasteiger charge is -2.38. The highest BCUT2D eigenvalue weighted by Gasteiger charge is 2.36. The van der Waals surface area contributed by atoms with E-state index < -0.39 is 35.3 Å². The maximum Gasteiger partial charge on any atom is 0.416 e. The minimum atomic E-state index is -4.68. The van der Waals surface area contributed by atoms with Gasteiger partial charge in [0.25, 0.3) is 5.56 Å². The van der Waals surface area contributed by atoms with E-state index in [1.165, 1.54) is 18.1 Å². The first-order valence-corrected chi connectivity index (χ1v) is 8.57. The van der Waals surface area contributed by atoms with E-state index in [-0.39, 0.29) is 24.4 Å². The SMILES string of the molecule is COC(=O)N1CCC(c2cc(=O)[nH]o2)CC1Cc1cc(F)cc(C(F)(F)F)c1. The van der Waals surface area contributed by atoms with Gasteiger partial charge in [-0.2, -0.15) is 18.3 Å². The average Bonchev–Trinajstić information content (AvgIpc) is 3.06. The summed E-state index contributed by atoms with van der Waals surface area (Å²) in [6, 6.07) is 3.08. The van der Waals surface area contributed by atoms with Gasteiger partial charge in [0.1, 0.15) is 11.6 Å². The molecule has 0 saturated carbocycles. The molecular formula is C18H18F4N2O4. The van der Waals surface area contributed by atoms with Crippen LogP contribution in [0.5, 0.6) is 0 Å². The summed E-state index contributed by atoms with van der Waals surface area (Å²) in [5.41, 5.74) is -1.37. The molecule has 1 aromatic carbocycles. The van der Waals surface area contributed by atoms with Crippen molar-refractivity contribution in [3.05, 3.63) is 57.3 Å². The molecule has 2 unspecified atom stereocenters. The molecule has 1 N–H and O–H groups in total. The number of rotatable bonds is 3. The van der Waals surface area contributed by atoms with Crippen molar-refractivity contribution >= 4 is 6.09 Å². The molecule has 3 rings (SSSR count). The molecule has 1 saturated heterocycles. The van der Waals surface area contributed by atoms with Gasteiger partial charge >= 0.3 is 12.3 Å². The van der Waals surface area contributed by atoms with Crippen molar-refractivity contribution in [2.24, 2.45) is 0 Å². The molecule has 2 heterocycles. The Morgan fingerprint density at radius 3 is 2.68 bits per heavy atom. The van der Waals surface area contributed by atoms with Crippen LogP contribution >= 0.6 is 0 Å². The number of halogens is 4. The van der Waals surface area contributed by atoms with E-state index in [0.717, 1.165) is 12.1 Å². The minimum absolute atomic E-state index is 0.00109. The Balaban J connectivity index is 1.87. The third-order valence-electron chi connectivity index (χ3n) is 4.83. The van der Waals surface area contributed by atoms with Gasteiger partial charge in [-0.25, -0.2) is 9.18 Å². The molecule has 10 heteroatoms. The predicted molar refractivity (Wildman–Crippen MR) is 89.3 cm³/mol. The first-order chi connectivity index (χ1) is 13.2. The zero-order valence-electron chi connectivity index (χ0n) is 14.9. The summed E-state index contributed by atoms with van der Waals surface area (Å²) in [5, 5.41) is 2.20. The van der Waals surface area contributed by atoms with Crippen LogP contribution in [0.2, 0.25) is 0 Å². The topological polar surface area (TPSA) is 75.5 Å². The largest absolute Gasteiger partial charge is 0.453 e. The van der Waals surface area contributed by atoms with Crippen molar-refractivity contribution in [1.82, 2.24) is 10.1 Å². The lowest BCUT2D eigenvalue weighted by Crippen LogP contribution is -2.46.